The standard InChI is InChI=1S/C21H21N3O2/c1-15-14-16(2)24(23-15)20-7-5-4-6-19(20)22-21(25)13-10-17-8-11-18(26-3)12-9-17/h4-14H,1-3H3,(H,22,25)/b13-10+. The van der Waals surface area contributed by atoms with Crippen LogP contribution in [-0.2, 0) is 4.79 Å². The van der Waals surface area contributed by atoms with Crippen molar-refractivity contribution in [3.05, 3.63) is 77.6 Å². The average Bonchev–Trinajstić information content (AvgIpc) is 2.99. The molecule has 3 rings (SSSR count). The molecule has 0 saturated heterocycles. The van der Waals surface area contributed by atoms with Crippen molar-refractivity contribution in [3.8, 4) is 11.4 Å². The number of para-hydroxylation sites is 2. The number of benzene rings is 2. The summed E-state index contributed by atoms with van der Waals surface area (Å²) >= 11 is 0. The van der Waals surface area contributed by atoms with Crippen LogP contribution in [0, 0.1) is 13.8 Å². The molecule has 0 aliphatic heterocycles. The molecule has 26 heavy (non-hydrogen) atoms. The van der Waals surface area contributed by atoms with Crippen molar-refractivity contribution in [2.75, 3.05) is 12.4 Å². The van der Waals surface area contributed by atoms with Crippen LogP contribution in [0.1, 0.15) is 17.0 Å². The summed E-state index contributed by atoms with van der Waals surface area (Å²) < 4.78 is 6.96. The quantitative estimate of drug-likeness (QED) is 0.706. The third-order valence-corrected chi connectivity index (χ3v) is 3.94. The molecule has 1 N–H and O–H groups in total. The summed E-state index contributed by atoms with van der Waals surface area (Å²) in [5, 5.41) is 7.42. The van der Waals surface area contributed by atoms with Gasteiger partial charge in [0.2, 0.25) is 5.91 Å². The number of carbonyl (C=O) groups excluding carboxylic acids is 1. The highest BCUT2D eigenvalue weighted by Gasteiger charge is 2.09. The van der Waals surface area contributed by atoms with Crippen molar-refractivity contribution in [1.82, 2.24) is 9.78 Å². The van der Waals surface area contributed by atoms with E-state index in [1.54, 1.807) is 13.2 Å². The van der Waals surface area contributed by atoms with E-state index in [-0.39, 0.29) is 5.91 Å². The minimum absolute atomic E-state index is 0.199. The number of rotatable bonds is 5. The maximum absolute atomic E-state index is 12.3. The minimum atomic E-state index is -0.199. The molecular weight excluding hydrogens is 326 g/mol. The van der Waals surface area contributed by atoms with E-state index in [4.69, 9.17) is 4.74 Å². The Kier molecular flexibility index (Phi) is 5.17. The van der Waals surface area contributed by atoms with Crippen LogP contribution in [-0.4, -0.2) is 22.8 Å². The Morgan fingerprint density at radius 1 is 1.12 bits per heavy atom. The SMILES string of the molecule is COc1ccc(/C=C/C(=O)Nc2ccccc2-n2nc(C)cc2C)cc1. The predicted octanol–water partition coefficient (Wildman–Crippen LogP) is 4.15. The molecule has 1 aromatic heterocycles. The topological polar surface area (TPSA) is 56.1 Å². The molecule has 5 nitrogen and oxygen atoms in total. The van der Waals surface area contributed by atoms with E-state index >= 15 is 0 Å². The molecule has 0 saturated carbocycles. The van der Waals surface area contributed by atoms with Crippen molar-refractivity contribution in [2.45, 2.75) is 13.8 Å². The van der Waals surface area contributed by atoms with Crippen LogP contribution in [0.5, 0.6) is 5.75 Å². The number of hydrogen-bond donors (Lipinski definition) is 1. The predicted molar refractivity (Wildman–Crippen MR) is 104 cm³/mol. The van der Waals surface area contributed by atoms with Crippen LogP contribution in [0.15, 0.2) is 60.7 Å². The summed E-state index contributed by atoms with van der Waals surface area (Å²) in [4.78, 5) is 12.3. The van der Waals surface area contributed by atoms with Gasteiger partial charge in [-0.3, -0.25) is 4.79 Å². The molecule has 0 aliphatic rings. The molecule has 3 aromatic rings. The smallest absolute Gasteiger partial charge is 0.248 e. The van der Waals surface area contributed by atoms with Gasteiger partial charge in [-0.05, 0) is 55.8 Å². The van der Waals surface area contributed by atoms with Gasteiger partial charge in [0, 0.05) is 11.8 Å². The van der Waals surface area contributed by atoms with Crippen molar-refractivity contribution in [3.63, 3.8) is 0 Å². The largest absolute Gasteiger partial charge is 0.497 e. The number of amides is 1. The van der Waals surface area contributed by atoms with Gasteiger partial charge in [0.05, 0.1) is 24.2 Å². The fraction of sp³-hybridized carbons (Fsp3) is 0.143. The molecule has 132 valence electrons. The number of carbonyl (C=O) groups is 1. The number of aryl methyl sites for hydroxylation is 2. The summed E-state index contributed by atoms with van der Waals surface area (Å²) in [6, 6.07) is 17.1. The van der Waals surface area contributed by atoms with E-state index in [9.17, 15) is 4.79 Å². The number of hydrogen-bond acceptors (Lipinski definition) is 3. The van der Waals surface area contributed by atoms with E-state index in [1.807, 2.05) is 73.1 Å². The Bertz CT molecular complexity index is 940. The molecule has 0 atom stereocenters. The Morgan fingerprint density at radius 3 is 2.50 bits per heavy atom. The lowest BCUT2D eigenvalue weighted by Gasteiger charge is -2.11. The van der Waals surface area contributed by atoms with Gasteiger partial charge in [-0.15, -0.1) is 0 Å². The van der Waals surface area contributed by atoms with Crippen LogP contribution in [0.4, 0.5) is 5.69 Å². The van der Waals surface area contributed by atoms with E-state index < -0.39 is 0 Å². The van der Waals surface area contributed by atoms with Gasteiger partial charge in [0.1, 0.15) is 5.75 Å². The van der Waals surface area contributed by atoms with E-state index in [0.717, 1.165) is 28.4 Å². The second-order valence-electron chi connectivity index (χ2n) is 5.95. The number of anilines is 1. The van der Waals surface area contributed by atoms with Gasteiger partial charge in [-0.2, -0.15) is 5.10 Å². The summed E-state index contributed by atoms with van der Waals surface area (Å²) in [5.74, 6) is 0.584. The van der Waals surface area contributed by atoms with Crippen LogP contribution in [0.2, 0.25) is 0 Å². The molecule has 1 heterocycles. The highest BCUT2D eigenvalue weighted by atomic mass is 16.5. The highest BCUT2D eigenvalue weighted by molar-refractivity contribution is 6.03. The lowest BCUT2D eigenvalue weighted by atomic mass is 10.2. The van der Waals surface area contributed by atoms with Gasteiger partial charge in [-0.1, -0.05) is 24.3 Å². The number of nitrogens with one attached hydrogen (secondary N) is 1. The normalized spacial score (nSPS) is 10.9. The first-order chi connectivity index (χ1) is 12.6. The summed E-state index contributed by atoms with van der Waals surface area (Å²) in [5.41, 5.74) is 4.42. The van der Waals surface area contributed by atoms with Crippen molar-refractivity contribution in [2.24, 2.45) is 0 Å². The third kappa shape index (κ3) is 4.00. The molecule has 2 aromatic carbocycles. The summed E-state index contributed by atoms with van der Waals surface area (Å²) in [7, 11) is 1.62. The van der Waals surface area contributed by atoms with E-state index in [1.165, 1.54) is 6.08 Å². The second kappa shape index (κ2) is 7.70. The fourth-order valence-electron chi connectivity index (χ4n) is 2.70. The van der Waals surface area contributed by atoms with Gasteiger partial charge in [0.15, 0.2) is 0 Å². The molecule has 0 spiro atoms. The third-order valence-electron chi connectivity index (χ3n) is 3.94. The van der Waals surface area contributed by atoms with E-state index in [0.29, 0.717) is 5.69 Å². The van der Waals surface area contributed by atoms with Gasteiger partial charge >= 0.3 is 0 Å². The first kappa shape index (κ1) is 17.5. The monoisotopic (exact) mass is 347 g/mol. The minimum Gasteiger partial charge on any atom is -0.497 e. The van der Waals surface area contributed by atoms with Crippen molar-refractivity contribution < 1.29 is 9.53 Å². The fourth-order valence-corrected chi connectivity index (χ4v) is 2.70. The summed E-state index contributed by atoms with van der Waals surface area (Å²) in [6.45, 7) is 3.93. The van der Waals surface area contributed by atoms with Gasteiger partial charge < -0.3 is 10.1 Å². The molecule has 0 unspecified atom stereocenters. The summed E-state index contributed by atoms with van der Waals surface area (Å²) in [6.07, 6.45) is 3.28. The van der Waals surface area contributed by atoms with Crippen LogP contribution >= 0.6 is 0 Å². The second-order valence-corrected chi connectivity index (χ2v) is 5.95. The number of aromatic nitrogens is 2. The molecule has 5 heteroatoms. The molecule has 1 amide bonds. The lowest BCUT2D eigenvalue weighted by Crippen LogP contribution is -2.11. The Labute approximate surface area is 152 Å². The first-order valence-electron chi connectivity index (χ1n) is 8.32. The Balaban J connectivity index is 1.77. The number of nitrogens with zero attached hydrogens (tertiary/aromatic N) is 2. The van der Waals surface area contributed by atoms with Gasteiger partial charge in [-0.25, -0.2) is 4.68 Å². The molecule has 0 bridgehead atoms. The van der Waals surface area contributed by atoms with Crippen LogP contribution in [0.3, 0.4) is 0 Å². The maximum Gasteiger partial charge on any atom is 0.248 e. The number of methoxy groups -OCH3 is 1. The average molecular weight is 347 g/mol. The lowest BCUT2D eigenvalue weighted by molar-refractivity contribution is -0.111. The van der Waals surface area contributed by atoms with Crippen molar-refractivity contribution >= 4 is 17.7 Å². The zero-order valence-electron chi connectivity index (χ0n) is 15.1. The molecule has 0 fully saturated rings. The van der Waals surface area contributed by atoms with Crippen LogP contribution in [0.25, 0.3) is 11.8 Å². The molecule has 0 radical (unpaired) electrons. The van der Waals surface area contributed by atoms with E-state index in [2.05, 4.69) is 10.4 Å². The highest BCUT2D eigenvalue weighted by Crippen LogP contribution is 2.21. The van der Waals surface area contributed by atoms with Crippen LogP contribution < -0.4 is 10.1 Å². The van der Waals surface area contributed by atoms with Gasteiger partial charge in [0.25, 0.3) is 0 Å². The Hall–Kier alpha value is -3.34. The van der Waals surface area contributed by atoms with Crippen molar-refractivity contribution in [1.29, 1.82) is 0 Å². The first-order valence-corrected chi connectivity index (χ1v) is 8.32. The zero-order valence-corrected chi connectivity index (χ0v) is 15.1. The molecule has 0 aliphatic carbocycles. The number of ether oxygens (including phenoxy) is 1. The Morgan fingerprint density at radius 2 is 1.85 bits per heavy atom. The zero-order chi connectivity index (χ0) is 18.5. The molecular formula is C21H21N3O2. The maximum atomic E-state index is 12.3.